The Bertz CT molecular complexity index is 1090. The molecule has 4 aliphatic rings. The number of fused-ring (bicyclic) bond motifs is 2. The van der Waals surface area contributed by atoms with E-state index in [0.717, 1.165) is 18.7 Å². The Morgan fingerprint density at radius 2 is 1.36 bits per heavy atom. The van der Waals surface area contributed by atoms with Crippen LogP contribution >= 0.6 is 7.92 Å². The molecule has 6 rings (SSSR count). The minimum Gasteiger partial charge on any atom is -1.00 e. The van der Waals surface area contributed by atoms with Gasteiger partial charge in [0.2, 0.25) is 0 Å². The number of benzene rings is 2. The fourth-order valence-electron chi connectivity index (χ4n) is 7.24. The van der Waals surface area contributed by atoms with E-state index in [1.54, 1.807) is 22.3 Å². The first-order valence-electron chi connectivity index (χ1n) is 13.8. The zero-order chi connectivity index (χ0) is 23.1. The summed E-state index contributed by atoms with van der Waals surface area (Å²) in [6, 6.07) is 14.3. The normalized spacial score (nSPS) is 23.4. The van der Waals surface area contributed by atoms with Crippen LogP contribution in [0.25, 0.3) is 12.2 Å². The molecular weight excluding hydrogens is 665 g/mol. The molecule has 2 aromatic rings. The molecular formula is C32H39Cl2HfP. The predicted octanol–water partition coefficient (Wildman–Crippen LogP) is 3.70. The summed E-state index contributed by atoms with van der Waals surface area (Å²) in [7, 11) is 0.000463. The average molecular weight is 704 g/mol. The SMILES string of the molecule is Cc1ccc(C)c2c1C=C[CH]2[Hf+2][CH]1C(P(C2CCCCC2)C2CCCCC2)=Cc2ccccc21.[Cl-].[Cl-]. The van der Waals surface area contributed by atoms with E-state index in [0.29, 0.717) is 0 Å². The Morgan fingerprint density at radius 1 is 0.750 bits per heavy atom. The largest absolute Gasteiger partial charge is 1.00 e. The maximum absolute atomic E-state index is 2.75. The van der Waals surface area contributed by atoms with Gasteiger partial charge < -0.3 is 24.8 Å². The van der Waals surface area contributed by atoms with Gasteiger partial charge in [-0.05, 0) is 0 Å². The molecule has 0 amide bonds. The van der Waals surface area contributed by atoms with Crippen molar-refractivity contribution in [2.24, 2.45) is 0 Å². The number of hydrogen-bond acceptors (Lipinski definition) is 0. The van der Waals surface area contributed by atoms with Gasteiger partial charge in [-0.25, -0.2) is 0 Å². The average Bonchev–Trinajstić information content (AvgIpc) is 3.46. The van der Waals surface area contributed by atoms with E-state index >= 15 is 0 Å². The first-order valence-corrected chi connectivity index (χ1v) is 19.5. The van der Waals surface area contributed by atoms with Crippen molar-refractivity contribution in [2.75, 3.05) is 0 Å². The van der Waals surface area contributed by atoms with Crippen molar-refractivity contribution < 1.29 is 47.7 Å². The van der Waals surface area contributed by atoms with Gasteiger partial charge in [0.25, 0.3) is 0 Å². The van der Waals surface area contributed by atoms with E-state index in [-0.39, 0.29) is 32.7 Å². The minimum absolute atomic E-state index is 0. The van der Waals surface area contributed by atoms with E-state index < -0.39 is 22.9 Å². The quantitative estimate of drug-likeness (QED) is 0.330. The van der Waals surface area contributed by atoms with Gasteiger partial charge in [-0.2, -0.15) is 0 Å². The first kappa shape index (κ1) is 28.8. The monoisotopic (exact) mass is 704 g/mol. The zero-order valence-corrected chi connectivity index (χ0v) is 27.8. The third-order valence-corrected chi connectivity index (χ3v) is 19.9. The molecule has 0 nitrogen and oxygen atoms in total. The molecule has 2 unspecified atom stereocenters. The molecule has 0 heterocycles. The van der Waals surface area contributed by atoms with Gasteiger partial charge in [-0.15, -0.1) is 0 Å². The van der Waals surface area contributed by atoms with Crippen molar-refractivity contribution in [3.63, 3.8) is 0 Å². The molecule has 190 valence electrons. The summed E-state index contributed by atoms with van der Waals surface area (Å²) in [5.41, 5.74) is 11.6. The summed E-state index contributed by atoms with van der Waals surface area (Å²) in [6.07, 6.45) is 22.8. The van der Waals surface area contributed by atoms with E-state index in [2.05, 4.69) is 68.5 Å². The number of hydrogen-bond donors (Lipinski definition) is 0. The first-order chi connectivity index (χ1) is 16.7. The van der Waals surface area contributed by atoms with E-state index in [1.165, 1.54) is 75.3 Å². The molecule has 0 aliphatic heterocycles. The Hall–Kier alpha value is -0.200. The van der Waals surface area contributed by atoms with Crippen molar-refractivity contribution in [1.82, 2.24) is 0 Å². The molecule has 2 aromatic carbocycles. The van der Waals surface area contributed by atoms with E-state index in [4.69, 9.17) is 0 Å². The van der Waals surface area contributed by atoms with Gasteiger partial charge >= 0.3 is 221 Å². The van der Waals surface area contributed by atoms with Gasteiger partial charge in [0.1, 0.15) is 0 Å². The summed E-state index contributed by atoms with van der Waals surface area (Å²) in [4.78, 5) is 0. The fourth-order valence-corrected chi connectivity index (χ4v) is 20.0. The smallest absolute Gasteiger partial charge is 1.00 e. The standard InChI is InChI=1S/C21H28P.C11H11.2ClH.Hf/c1-3-11-19(12-4-1)22(20-13-5-2-6-14-20)21-15-17-9-7-8-10-18(17)16-21;1-8-6-7-9(2)11-5-3-4-10(8)11;;;/h7-10,15-16,19-20H,1-6,11-14H2;3-7H,1-2H3;2*1H;/q;;;;+2/p-2. The summed E-state index contributed by atoms with van der Waals surface area (Å²) < 4.78 is 1.57. The molecule has 0 spiro atoms. The summed E-state index contributed by atoms with van der Waals surface area (Å²) in [6.45, 7) is 4.66. The number of aryl methyl sites for hydroxylation is 2. The maximum Gasteiger partial charge on any atom is -1.00 e. The van der Waals surface area contributed by atoms with Crippen LogP contribution in [0.4, 0.5) is 0 Å². The Kier molecular flexibility index (Phi) is 10.2. The van der Waals surface area contributed by atoms with E-state index in [9.17, 15) is 0 Å². The van der Waals surface area contributed by atoms with Gasteiger partial charge in [0.05, 0.1) is 0 Å². The molecule has 2 saturated carbocycles. The van der Waals surface area contributed by atoms with Crippen LogP contribution in [-0.4, -0.2) is 11.3 Å². The van der Waals surface area contributed by atoms with Crippen LogP contribution in [0.5, 0.6) is 0 Å². The van der Waals surface area contributed by atoms with Crippen molar-refractivity contribution in [2.45, 2.75) is 96.7 Å². The van der Waals surface area contributed by atoms with Crippen molar-refractivity contribution >= 4 is 20.1 Å². The van der Waals surface area contributed by atoms with Crippen LogP contribution in [0.2, 0.25) is 0 Å². The van der Waals surface area contributed by atoms with Gasteiger partial charge in [0.15, 0.2) is 0 Å². The van der Waals surface area contributed by atoms with Gasteiger partial charge in [0, 0.05) is 0 Å². The second kappa shape index (κ2) is 12.8. The maximum atomic E-state index is 2.75. The predicted molar refractivity (Wildman–Crippen MR) is 146 cm³/mol. The molecule has 4 aliphatic carbocycles. The zero-order valence-electron chi connectivity index (χ0n) is 21.8. The molecule has 2 fully saturated rings. The van der Waals surface area contributed by atoms with Crippen LogP contribution in [0, 0.1) is 13.8 Å². The molecule has 0 radical (unpaired) electrons. The molecule has 0 bridgehead atoms. The summed E-state index contributed by atoms with van der Waals surface area (Å²) in [5, 5.41) is 1.98. The third kappa shape index (κ3) is 5.57. The molecule has 0 aromatic heterocycles. The number of halogens is 2. The van der Waals surface area contributed by atoms with Crippen molar-refractivity contribution in [3.8, 4) is 0 Å². The number of rotatable bonds is 5. The topological polar surface area (TPSA) is 0 Å². The Morgan fingerprint density at radius 3 is 2.03 bits per heavy atom. The minimum atomic E-state index is -1.05. The van der Waals surface area contributed by atoms with Crippen LogP contribution in [0.1, 0.15) is 105 Å². The Balaban J connectivity index is 0.00000152. The summed E-state index contributed by atoms with van der Waals surface area (Å²) in [5.74, 6) is 0. The van der Waals surface area contributed by atoms with Crippen LogP contribution < -0.4 is 24.8 Å². The molecule has 4 heteroatoms. The van der Waals surface area contributed by atoms with Crippen LogP contribution in [-0.2, 0) is 22.9 Å². The summed E-state index contributed by atoms with van der Waals surface area (Å²) >= 11 is -1.05. The van der Waals surface area contributed by atoms with Crippen LogP contribution in [0.15, 0.2) is 47.8 Å². The molecule has 2 atom stereocenters. The second-order valence-corrected chi connectivity index (χ2v) is 19.5. The second-order valence-electron chi connectivity index (χ2n) is 11.2. The van der Waals surface area contributed by atoms with Crippen molar-refractivity contribution in [3.05, 3.63) is 81.2 Å². The van der Waals surface area contributed by atoms with E-state index in [1.807, 2.05) is 5.31 Å². The third-order valence-electron chi connectivity index (χ3n) is 8.98. The molecule has 36 heavy (non-hydrogen) atoms. The van der Waals surface area contributed by atoms with Crippen LogP contribution in [0.3, 0.4) is 0 Å². The fraction of sp³-hybridized carbons (Fsp3) is 0.500. The van der Waals surface area contributed by atoms with Crippen molar-refractivity contribution in [1.29, 1.82) is 0 Å². The Labute approximate surface area is 244 Å². The van der Waals surface area contributed by atoms with Gasteiger partial charge in [-0.3, -0.25) is 0 Å². The molecule has 0 N–H and O–H groups in total. The van der Waals surface area contributed by atoms with Gasteiger partial charge in [-0.1, -0.05) is 0 Å². The molecule has 0 saturated heterocycles. The number of allylic oxidation sites excluding steroid dienone is 2.